The van der Waals surface area contributed by atoms with Gasteiger partial charge in [0.2, 0.25) is 0 Å². The second kappa shape index (κ2) is 11.3. The molecule has 162 valence electrons. The molecule has 0 heterocycles. The minimum atomic E-state index is 0. The predicted molar refractivity (Wildman–Crippen MR) is 128 cm³/mol. The van der Waals surface area contributed by atoms with Crippen LogP contribution in [0.5, 0.6) is 0 Å². The standard InChI is InChI=1S/2C14H23.Zr/c2*1-10(2)9-14(5,6)13-8-7-11(3)12(13)4;/h2*7-8,10H,9H2,1-6H3;/q2*-1;+2. The van der Waals surface area contributed by atoms with E-state index < -0.39 is 0 Å². The molecule has 0 bridgehead atoms. The van der Waals surface area contributed by atoms with E-state index in [-0.39, 0.29) is 26.2 Å². The average molecular weight is 474 g/mol. The van der Waals surface area contributed by atoms with Crippen LogP contribution in [0.15, 0.2) is 24.3 Å². The van der Waals surface area contributed by atoms with E-state index in [4.69, 9.17) is 0 Å². The van der Waals surface area contributed by atoms with E-state index in [0.29, 0.717) is 10.8 Å². The van der Waals surface area contributed by atoms with Gasteiger partial charge in [-0.25, -0.2) is 12.1 Å². The molecular weight excluding hydrogens is 428 g/mol. The summed E-state index contributed by atoms with van der Waals surface area (Å²) in [6, 6.07) is 9.08. The molecule has 0 unspecified atom stereocenters. The van der Waals surface area contributed by atoms with E-state index in [1.807, 2.05) is 0 Å². The van der Waals surface area contributed by atoms with Crippen LogP contribution >= 0.6 is 0 Å². The molecule has 29 heavy (non-hydrogen) atoms. The van der Waals surface area contributed by atoms with Gasteiger partial charge in [-0.3, -0.25) is 0 Å². The van der Waals surface area contributed by atoms with Gasteiger partial charge in [-0.2, -0.15) is 45.5 Å². The van der Waals surface area contributed by atoms with Gasteiger partial charge in [-0.1, -0.05) is 107 Å². The summed E-state index contributed by atoms with van der Waals surface area (Å²) in [5, 5.41) is 0. The number of hydrogen-bond acceptors (Lipinski definition) is 0. The Morgan fingerprint density at radius 1 is 0.690 bits per heavy atom. The Balaban J connectivity index is 0.000000523. The fourth-order valence-electron chi connectivity index (χ4n) is 5.07. The zero-order chi connectivity index (χ0) is 21.9. The summed E-state index contributed by atoms with van der Waals surface area (Å²) < 4.78 is 0. The van der Waals surface area contributed by atoms with Gasteiger partial charge < -0.3 is 0 Å². The van der Waals surface area contributed by atoms with E-state index >= 15 is 0 Å². The summed E-state index contributed by atoms with van der Waals surface area (Å²) in [5.74, 6) is 1.53. The van der Waals surface area contributed by atoms with E-state index in [9.17, 15) is 0 Å². The van der Waals surface area contributed by atoms with Gasteiger partial charge in [0.05, 0.1) is 0 Å². The quantitative estimate of drug-likeness (QED) is 0.368. The molecule has 2 aromatic rings. The van der Waals surface area contributed by atoms with Crippen molar-refractivity contribution < 1.29 is 26.2 Å². The van der Waals surface area contributed by atoms with Gasteiger partial charge in [-0.05, 0) is 11.8 Å². The van der Waals surface area contributed by atoms with Gasteiger partial charge in [0, 0.05) is 0 Å². The van der Waals surface area contributed by atoms with Crippen LogP contribution in [0, 0.1) is 39.5 Å². The van der Waals surface area contributed by atoms with Crippen molar-refractivity contribution in [2.24, 2.45) is 11.8 Å². The monoisotopic (exact) mass is 472 g/mol. The third-order valence-electron chi connectivity index (χ3n) is 6.29. The predicted octanol–water partition coefficient (Wildman–Crippen LogP) is 8.69. The normalized spacial score (nSPS) is 12.1. The van der Waals surface area contributed by atoms with Gasteiger partial charge in [-0.15, -0.1) is 0 Å². The smallest absolute Gasteiger partial charge is 0.210 e. The Hall–Kier alpha value is -0.417. The first kappa shape index (κ1) is 28.6. The van der Waals surface area contributed by atoms with Gasteiger partial charge >= 0.3 is 26.2 Å². The van der Waals surface area contributed by atoms with E-state index in [0.717, 1.165) is 11.8 Å². The molecule has 2 aromatic carbocycles. The number of rotatable bonds is 6. The second-order valence-corrected chi connectivity index (χ2v) is 11.1. The molecule has 0 nitrogen and oxygen atoms in total. The van der Waals surface area contributed by atoms with Crippen LogP contribution in [-0.2, 0) is 37.0 Å². The molecule has 0 aliphatic heterocycles. The molecule has 0 saturated carbocycles. The van der Waals surface area contributed by atoms with Crippen molar-refractivity contribution in [3.05, 3.63) is 57.6 Å². The second-order valence-electron chi connectivity index (χ2n) is 11.1. The summed E-state index contributed by atoms with van der Waals surface area (Å²) in [6.07, 6.45) is 2.52. The zero-order valence-electron chi connectivity index (χ0n) is 21.4. The van der Waals surface area contributed by atoms with Crippen LogP contribution in [0.4, 0.5) is 0 Å². The van der Waals surface area contributed by atoms with Crippen molar-refractivity contribution in [3.8, 4) is 0 Å². The van der Waals surface area contributed by atoms with Crippen molar-refractivity contribution in [1.29, 1.82) is 0 Å². The molecule has 0 atom stereocenters. The topological polar surface area (TPSA) is 0 Å². The van der Waals surface area contributed by atoms with Crippen molar-refractivity contribution in [2.45, 2.75) is 107 Å². The zero-order valence-corrected chi connectivity index (χ0v) is 23.8. The Morgan fingerprint density at radius 2 is 0.966 bits per heavy atom. The van der Waals surface area contributed by atoms with Crippen molar-refractivity contribution in [3.63, 3.8) is 0 Å². The third-order valence-corrected chi connectivity index (χ3v) is 6.29. The SMILES string of the molecule is Cc1c(C(C)(C)CC(C)C)cc[c-]1C.Cc1c(C(C)(C)CC(C)C)cc[c-]1C.[Zr+2]. The third kappa shape index (κ3) is 7.97. The molecule has 0 fully saturated rings. The molecule has 0 aliphatic rings. The molecule has 0 aliphatic carbocycles. The van der Waals surface area contributed by atoms with Crippen LogP contribution < -0.4 is 0 Å². The van der Waals surface area contributed by atoms with Gasteiger partial charge in [0.25, 0.3) is 0 Å². The fraction of sp³-hybridized carbons (Fsp3) is 0.643. The molecule has 1 heteroatoms. The summed E-state index contributed by atoms with van der Waals surface area (Å²) >= 11 is 0. The summed E-state index contributed by atoms with van der Waals surface area (Å²) in [4.78, 5) is 0. The number of aryl methyl sites for hydroxylation is 2. The van der Waals surface area contributed by atoms with Crippen LogP contribution in [-0.4, -0.2) is 0 Å². The maximum Gasteiger partial charge on any atom is 2.00 e. The molecule has 0 spiro atoms. The summed E-state index contributed by atoms with van der Waals surface area (Å²) in [7, 11) is 0. The Labute approximate surface area is 201 Å². The minimum Gasteiger partial charge on any atom is -0.210 e. The van der Waals surface area contributed by atoms with Crippen LogP contribution in [0.1, 0.15) is 102 Å². The molecule has 2 rings (SSSR count). The maximum atomic E-state index is 2.36. The largest absolute Gasteiger partial charge is 2.00 e. The van der Waals surface area contributed by atoms with Crippen molar-refractivity contribution >= 4 is 0 Å². The van der Waals surface area contributed by atoms with E-state index in [1.54, 1.807) is 0 Å². The maximum absolute atomic E-state index is 2.36. The summed E-state index contributed by atoms with van der Waals surface area (Å²) in [5.41, 5.74) is 9.53. The molecule has 0 radical (unpaired) electrons. The average Bonchev–Trinajstić information content (AvgIpc) is 3.02. The van der Waals surface area contributed by atoms with E-state index in [2.05, 4.69) is 107 Å². The number of hydrogen-bond donors (Lipinski definition) is 0. The van der Waals surface area contributed by atoms with Crippen LogP contribution in [0.25, 0.3) is 0 Å². The van der Waals surface area contributed by atoms with Crippen molar-refractivity contribution in [2.75, 3.05) is 0 Å². The Bertz CT molecular complexity index is 670. The molecular formula is C28H46Zr. The molecule has 0 amide bonds. The van der Waals surface area contributed by atoms with E-state index in [1.165, 1.54) is 46.2 Å². The van der Waals surface area contributed by atoms with Crippen molar-refractivity contribution in [1.82, 2.24) is 0 Å². The first-order valence-electron chi connectivity index (χ1n) is 11.2. The van der Waals surface area contributed by atoms with Gasteiger partial charge in [0.1, 0.15) is 0 Å². The first-order valence-corrected chi connectivity index (χ1v) is 11.2. The molecule has 0 aromatic heterocycles. The Morgan fingerprint density at radius 3 is 1.14 bits per heavy atom. The van der Waals surface area contributed by atoms with Gasteiger partial charge in [0.15, 0.2) is 0 Å². The van der Waals surface area contributed by atoms with Crippen LogP contribution in [0.3, 0.4) is 0 Å². The summed E-state index contributed by atoms with van der Waals surface area (Å²) in [6.45, 7) is 27.5. The first-order chi connectivity index (χ1) is 12.7. The Kier molecular flexibility index (Phi) is 11.1. The minimum absolute atomic E-state index is 0. The fourth-order valence-corrected chi connectivity index (χ4v) is 5.07. The van der Waals surface area contributed by atoms with Crippen LogP contribution in [0.2, 0.25) is 0 Å². The molecule has 0 N–H and O–H groups in total. The molecule has 0 saturated heterocycles.